The average molecular weight is 601 g/mol. The number of nitrogens with one attached hydrogen (secondary N) is 1. The van der Waals surface area contributed by atoms with Crippen LogP contribution in [0.3, 0.4) is 0 Å². The number of anilines is 3. The van der Waals surface area contributed by atoms with Gasteiger partial charge in [-0.3, -0.25) is 14.2 Å². The summed E-state index contributed by atoms with van der Waals surface area (Å²) in [7, 11) is 0. The van der Waals surface area contributed by atoms with Gasteiger partial charge in [0, 0.05) is 69.1 Å². The number of carbonyl (C=O) groups is 1. The average Bonchev–Trinajstić information content (AvgIpc) is 3.34. The number of fused-ring (bicyclic) bond motifs is 1. The number of benzene rings is 1. The van der Waals surface area contributed by atoms with Crippen molar-refractivity contribution in [2.45, 2.75) is 0 Å². The van der Waals surface area contributed by atoms with Gasteiger partial charge in [-0.15, -0.1) is 0 Å². The molecule has 0 spiro atoms. The molecule has 0 unspecified atom stereocenters. The number of pyridine rings is 2. The SMILES string of the molecule is O=C(CNc1c(-c2ccc(N3CCOCC3)cc2)nc2ccc(Cl)cn12)N1CCN(c2c(Cl)cncc2Cl)CC1. The molecule has 3 aromatic heterocycles. The molecule has 40 heavy (non-hydrogen) atoms. The van der Waals surface area contributed by atoms with Gasteiger partial charge in [-0.1, -0.05) is 46.9 Å². The fourth-order valence-electron chi connectivity index (χ4n) is 5.20. The Morgan fingerprint density at radius 2 is 1.57 bits per heavy atom. The van der Waals surface area contributed by atoms with Crippen molar-refractivity contribution in [3.63, 3.8) is 0 Å². The summed E-state index contributed by atoms with van der Waals surface area (Å²) in [5, 5.41) is 4.95. The third-order valence-corrected chi connectivity index (χ3v) is 8.06. The van der Waals surface area contributed by atoms with Crippen molar-refractivity contribution >= 4 is 63.5 Å². The molecule has 2 aliphatic rings. The largest absolute Gasteiger partial charge is 0.378 e. The molecule has 2 fully saturated rings. The zero-order chi connectivity index (χ0) is 27.6. The van der Waals surface area contributed by atoms with Gasteiger partial charge in [0.25, 0.3) is 0 Å². The molecule has 2 saturated heterocycles. The maximum atomic E-state index is 13.3. The van der Waals surface area contributed by atoms with Crippen molar-refractivity contribution in [1.29, 1.82) is 0 Å². The topological polar surface area (TPSA) is 78.2 Å². The Morgan fingerprint density at radius 3 is 2.27 bits per heavy atom. The number of carbonyl (C=O) groups excluding carboxylic acids is 1. The van der Waals surface area contributed by atoms with E-state index in [0.29, 0.717) is 41.2 Å². The Morgan fingerprint density at radius 1 is 0.875 bits per heavy atom. The molecule has 0 bridgehead atoms. The highest BCUT2D eigenvalue weighted by Gasteiger charge is 2.25. The van der Waals surface area contributed by atoms with E-state index >= 15 is 0 Å². The Kier molecular flexibility index (Phi) is 7.89. The van der Waals surface area contributed by atoms with Crippen LogP contribution in [0.5, 0.6) is 0 Å². The number of amides is 1. The maximum Gasteiger partial charge on any atom is 0.242 e. The van der Waals surface area contributed by atoms with Crippen molar-refractivity contribution in [3.8, 4) is 11.3 Å². The van der Waals surface area contributed by atoms with Crippen molar-refractivity contribution in [2.75, 3.05) is 74.1 Å². The standard InChI is InChI=1S/C28H28Cl3N7O2/c29-20-3-6-24-34-26(19-1-4-21(5-2-19)35-11-13-40-14-12-35)28(38(24)18-20)33-17-25(39)36-7-9-37(10-8-36)27-22(30)15-32-16-23(27)31/h1-6,15-16,18,33H,7-14,17H2. The Labute approximate surface area is 247 Å². The molecule has 12 heteroatoms. The minimum absolute atomic E-state index is 0.00262. The number of ether oxygens (including phenoxy) is 1. The van der Waals surface area contributed by atoms with Crippen LogP contribution in [-0.4, -0.2) is 84.2 Å². The lowest BCUT2D eigenvalue weighted by atomic mass is 10.1. The quantitative estimate of drug-likeness (QED) is 0.335. The summed E-state index contributed by atoms with van der Waals surface area (Å²) < 4.78 is 7.37. The lowest BCUT2D eigenvalue weighted by molar-refractivity contribution is -0.129. The number of piperazine rings is 1. The number of halogens is 3. The molecule has 0 aliphatic carbocycles. The molecule has 1 amide bonds. The van der Waals surface area contributed by atoms with E-state index in [1.807, 2.05) is 27.6 Å². The molecule has 0 saturated carbocycles. The van der Waals surface area contributed by atoms with Gasteiger partial charge in [0.1, 0.15) is 17.2 Å². The number of hydrogen-bond acceptors (Lipinski definition) is 7. The summed E-state index contributed by atoms with van der Waals surface area (Å²) in [5.74, 6) is 0.719. The Balaban J connectivity index is 1.17. The zero-order valence-electron chi connectivity index (χ0n) is 21.7. The lowest BCUT2D eigenvalue weighted by Crippen LogP contribution is -2.50. The van der Waals surface area contributed by atoms with Crippen molar-refractivity contribution in [3.05, 3.63) is 70.1 Å². The molecule has 1 N–H and O–H groups in total. The van der Waals surface area contributed by atoms with Crippen LogP contribution in [0.4, 0.5) is 17.2 Å². The number of hydrogen-bond donors (Lipinski definition) is 1. The summed E-state index contributed by atoms with van der Waals surface area (Å²) in [6.07, 6.45) is 4.98. The van der Waals surface area contributed by atoms with Crippen LogP contribution in [0.25, 0.3) is 16.9 Å². The molecule has 0 radical (unpaired) electrons. The lowest BCUT2D eigenvalue weighted by Gasteiger charge is -2.36. The van der Waals surface area contributed by atoms with Gasteiger partial charge >= 0.3 is 0 Å². The normalized spacial score (nSPS) is 16.0. The fourth-order valence-corrected chi connectivity index (χ4v) is 5.96. The molecular weight excluding hydrogens is 573 g/mol. The van der Waals surface area contributed by atoms with Crippen LogP contribution in [0.15, 0.2) is 55.0 Å². The molecule has 0 atom stereocenters. The van der Waals surface area contributed by atoms with Crippen LogP contribution >= 0.6 is 34.8 Å². The molecule has 1 aromatic carbocycles. The van der Waals surface area contributed by atoms with E-state index < -0.39 is 0 Å². The smallest absolute Gasteiger partial charge is 0.242 e. The molecule has 6 rings (SSSR count). The van der Waals surface area contributed by atoms with Gasteiger partial charge in [0.05, 0.1) is 40.5 Å². The second-order valence-corrected chi connectivity index (χ2v) is 11.0. The van der Waals surface area contributed by atoms with Gasteiger partial charge in [0.15, 0.2) is 0 Å². The third-order valence-electron chi connectivity index (χ3n) is 7.28. The van der Waals surface area contributed by atoms with Gasteiger partial charge < -0.3 is 24.8 Å². The van der Waals surface area contributed by atoms with Crippen molar-refractivity contribution < 1.29 is 9.53 Å². The summed E-state index contributed by atoms with van der Waals surface area (Å²) in [4.78, 5) is 28.4. The van der Waals surface area contributed by atoms with Gasteiger partial charge in [-0.05, 0) is 24.3 Å². The zero-order valence-corrected chi connectivity index (χ0v) is 24.0. The highest BCUT2D eigenvalue weighted by Crippen LogP contribution is 2.34. The molecule has 5 heterocycles. The first-order valence-corrected chi connectivity index (χ1v) is 14.3. The number of rotatable bonds is 6. The Bertz CT molecular complexity index is 1490. The van der Waals surface area contributed by atoms with Gasteiger partial charge in [-0.25, -0.2) is 4.98 Å². The van der Waals surface area contributed by atoms with Crippen LogP contribution < -0.4 is 15.1 Å². The highest BCUT2D eigenvalue weighted by molar-refractivity contribution is 6.38. The number of imidazole rings is 1. The summed E-state index contributed by atoms with van der Waals surface area (Å²) in [5.41, 5.74) is 4.36. The monoisotopic (exact) mass is 599 g/mol. The molecule has 208 valence electrons. The van der Waals surface area contributed by atoms with Crippen molar-refractivity contribution in [1.82, 2.24) is 19.3 Å². The van der Waals surface area contributed by atoms with Crippen LogP contribution in [0, 0.1) is 0 Å². The van der Waals surface area contributed by atoms with E-state index in [1.54, 1.807) is 12.4 Å². The number of nitrogens with zero attached hydrogens (tertiary/aromatic N) is 6. The van der Waals surface area contributed by atoms with Crippen LogP contribution in [0.1, 0.15) is 0 Å². The molecule has 4 aromatic rings. The van der Waals surface area contributed by atoms with E-state index in [9.17, 15) is 4.79 Å². The summed E-state index contributed by atoms with van der Waals surface area (Å²) in [6, 6.07) is 12.0. The second kappa shape index (κ2) is 11.7. The minimum atomic E-state index is -0.00262. The van der Waals surface area contributed by atoms with E-state index in [0.717, 1.165) is 60.4 Å². The van der Waals surface area contributed by atoms with E-state index in [-0.39, 0.29) is 12.5 Å². The first kappa shape index (κ1) is 27.0. The predicted molar refractivity (Wildman–Crippen MR) is 160 cm³/mol. The predicted octanol–water partition coefficient (Wildman–Crippen LogP) is 4.95. The van der Waals surface area contributed by atoms with Crippen LogP contribution in [0.2, 0.25) is 15.1 Å². The van der Waals surface area contributed by atoms with Gasteiger partial charge in [0.2, 0.25) is 5.91 Å². The third kappa shape index (κ3) is 5.51. The number of morpholine rings is 1. The van der Waals surface area contributed by atoms with Crippen LogP contribution in [-0.2, 0) is 9.53 Å². The van der Waals surface area contributed by atoms with E-state index in [1.165, 1.54) is 0 Å². The van der Waals surface area contributed by atoms with E-state index in [2.05, 4.69) is 44.4 Å². The minimum Gasteiger partial charge on any atom is -0.378 e. The second-order valence-electron chi connectivity index (χ2n) is 9.70. The maximum absolute atomic E-state index is 13.3. The molecular formula is C28H28Cl3N7O2. The number of aromatic nitrogens is 3. The first-order chi connectivity index (χ1) is 19.5. The summed E-state index contributed by atoms with van der Waals surface area (Å²) in [6.45, 7) is 5.71. The highest BCUT2D eigenvalue weighted by atomic mass is 35.5. The summed E-state index contributed by atoms with van der Waals surface area (Å²) >= 11 is 19.0. The Hall–Kier alpha value is -3.24. The van der Waals surface area contributed by atoms with E-state index in [4.69, 9.17) is 44.5 Å². The first-order valence-electron chi connectivity index (χ1n) is 13.1. The fraction of sp³-hybridized carbons (Fsp3) is 0.321. The van der Waals surface area contributed by atoms with Gasteiger partial charge in [-0.2, -0.15) is 0 Å². The molecule has 2 aliphatic heterocycles. The van der Waals surface area contributed by atoms with Crippen molar-refractivity contribution in [2.24, 2.45) is 0 Å². The molecule has 9 nitrogen and oxygen atoms in total.